The Labute approximate surface area is 134 Å². The second-order valence-corrected chi connectivity index (χ2v) is 5.14. The van der Waals surface area contributed by atoms with E-state index in [1.165, 1.54) is 7.11 Å². The Bertz CT molecular complexity index is 875. The van der Waals surface area contributed by atoms with Crippen LogP contribution in [0.5, 0.6) is 11.5 Å². The number of aromatic nitrogens is 1. The zero-order valence-electron chi connectivity index (χ0n) is 12.9. The minimum Gasteiger partial charge on any atom is -0.504 e. The van der Waals surface area contributed by atoms with Gasteiger partial charge in [-0.05, 0) is 48.4 Å². The predicted octanol–water partition coefficient (Wildman–Crippen LogP) is 3.70. The molecule has 0 atom stereocenters. The molecule has 0 aliphatic rings. The van der Waals surface area contributed by atoms with Gasteiger partial charge in [0.15, 0.2) is 11.5 Å². The molecule has 0 amide bonds. The number of hydrogen-bond donors (Lipinski definition) is 2. The fourth-order valence-corrected chi connectivity index (χ4v) is 2.37. The van der Waals surface area contributed by atoms with Gasteiger partial charge in [-0.15, -0.1) is 0 Å². The minimum absolute atomic E-state index is 0.0797. The maximum atomic E-state index is 9.74. The van der Waals surface area contributed by atoms with Gasteiger partial charge < -0.3 is 9.84 Å². The van der Waals surface area contributed by atoms with Crippen LogP contribution < -0.4 is 10.2 Å². The number of phenolic OH excluding ortho intramolecular Hbond substituents is 1. The summed E-state index contributed by atoms with van der Waals surface area (Å²) < 4.78 is 5.01. The number of hydrazone groups is 1. The number of hydrogen-bond acceptors (Lipinski definition) is 5. The monoisotopic (exact) mass is 307 g/mol. The first-order valence-corrected chi connectivity index (χ1v) is 7.20. The van der Waals surface area contributed by atoms with E-state index in [9.17, 15) is 5.11 Å². The van der Waals surface area contributed by atoms with Crippen LogP contribution in [0.25, 0.3) is 10.9 Å². The Hall–Kier alpha value is -3.08. The molecule has 0 saturated carbocycles. The Kier molecular flexibility index (Phi) is 4.10. The molecule has 0 aliphatic heterocycles. The van der Waals surface area contributed by atoms with Crippen molar-refractivity contribution in [2.75, 3.05) is 12.5 Å². The topological polar surface area (TPSA) is 66.7 Å². The summed E-state index contributed by atoms with van der Waals surface area (Å²) >= 11 is 0. The van der Waals surface area contributed by atoms with Crippen LogP contribution in [-0.2, 0) is 0 Å². The number of nitrogens with one attached hydrogen (secondary N) is 1. The molecule has 5 heteroatoms. The number of rotatable bonds is 4. The summed E-state index contributed by atoms with van der Waals surface area (Å²) in [5.41, 5.74) is 5.74. The number of para-hydroxylation sites is 1. The summed E-state index contributed by atoms with van der Waals surface area (Å²) in [7, 11) is 1.51. The van der Waals surface area contributed by atoms with Crippen LogP contribution in [0.2, 0.25) is 0 Å². The van der Waals surface area contributed by atoms with E-state index in [0.717, 1.165) is 22.0 Å². The first kappa shape index (κ1) is 14.8. The first-order chi connectivity index (χ1) is 11.2. The summed E-state index contributed by atoms with van der Waals surface area (Å²) in [5.74, 6) is 1.19. The molecule has 0 unspecified atom stereocenters. The SMILES string of the molecule is COc1ccc(/C=N/Nc2cc(C)c3ccccc3n2)cc1O. The van der Waals surface area contributed by atoms with Crippen LogP contribution in [0, 0.1) is 6.92 Å². The van der Waals surface area contributed by atoms with Crippen molar-refractivity contribution in [3.05, 3.63) is 59.7 Å². The number of nitrogens with zero attached hydrogens (tertiary/aromatic N) is 2. The van der Waals surface area contributed by atoms with Gasteiger partial charge in [-0.25, -0.2) is 4.98 Å². The maximum absolute atomic E-state index is 9.74. The molecule has 116 valence electrons. The van der Waals surface area contributed by atoms with Crippen LogP contribution >= 0.6 is 0 Å². The van der Waals surface area contributed by atoms with Gasteiger partial charge in [0.05, 0.1) is 18.8 Å². The molecule has 0 fully saturated rings. The molecule has 1 aromatic heterocycles. The number of fused-ring (bicyclic) bond motifs is 1. The van der Waals surface area contributed by atoms with Gasteiger partial charge in [-0.2, -0.15) is 5.10 Å². The van der Waals surface area contributed by atoms with Crippen molar-refractivity contribution in [3.63, 3.8) is 0 Å². The fourth-order valence-electron chi connectivity index (χ4n) is 2.37. The molecule has 23 heavy (non-hydrogen) atoms. The van der Waals surface area contributed by atoms with E-state index in [1.807, 2.05) is 43.3 Å². The fraction of sp³-hybridized carbons (Fsp3) is 0.111. The third-order valence-corrected chi connectivity index (χ3v) is 3.52. The number of aromatic hydroxyl groups is 1. The van der Waals surface area contributed by atoms with Gasteiger partial charge >= 0.3 is 0 Å². The first-order valence-electron chi connectivity index (χ1n) is 7.20. The predicted molar refractivity (Wildman–Crippen MR) is 92.4 cm³/mol. The van der Waals surface area contributed by atoms with Crippen molar-refractivity contribution in [1.82, 2.24) is 4.98 Å². The van der Waals surface area contributed by atoms with Crippen LogP contribution in [-0.4, -0.2) is 23.4 Å². The highest BCUT2D eigenvalue weighted by atomic mass is 16.5. The number of benzene rings is 2. The molecule has 2 aromatic carbocycles. The minimum atomic E-state index is 0.0797. The molecule has 3 rings (SSSR count). The highest BCUT2D eigenvalue weighted by Gasteiger charge is 2.02. The van der Waals surface area contributed by atoms with Gasteiger partial charge in [0, 0.05) is 5.39 Å². The maximum Gasteiger partial charge on any atom is 0.160 e. The van der Waals surface area contributed by atoms with Crippen LogP contribution in [0.1, 0.15) is 11.1 Å². The molecule has 0 spiro atoms. The van der Waals surface area contributed by atoms with Crippen LogP contribution in [0.3, 0.4) is 0 Å². The molecule has 0 radical (unpaired) electrons. The highest BCUT2D eigenvalue weighted by Crippen LogP contribution is 2.25. The third-order valence-electron chi connectivity index (χ3n) is 3.52. The molecule has 0 bridgehead atoms. The van der Waals surface area contributed by atoms with Crippen LogP contribution in [0.4, 0.5) is 5.82 Å². The summed E-state index contributed by atoms with van der Waals surface area (Å²) in [6.45, 7) is 2.04. The molecular formula is C18H17N3O2. The third kappa shape index (κ3) is 3.23. The average Bonchev–Trinajstić information content (AvgIpc) is 2.55. The van der Waals surface area contributed by atoms with E-state index in [-0.39, 0.29) is 5.75 Å². The second-order valence-electron chi connectivity index (χ2n) is 5.14. The van der Waals surface area contributed by atoms with Crippen molar-refractivity contribution < 1.29 is 9.84 Å². The van der Waals surface area contributed by atoms with E-state index in [4.69, 9.17) is 4.74 Å². The zero-order chi connectivity index (χ0) is 16.2. The quantitative estimate of drug-likeness (QED) is 0.569. The summed E-state index contributed by atoms with van der Waals surface area (Å²) in [5, 5.41) is 15.0. The Morgan fingerprint density at radius 1 is 1.17 bits per heavy atom. The number of phenols is 1. The molecule has 0 saturated heterocycles. The number of pyridine rings is 1. The lowest BCUT2D eigenvalue weighted by atomic mass is 10.1. The lowest BCUT2D eigenvalue weighted by Gasteiger charge is -2.06. The van der Waals surface area contributed by atoms with Crippen molar-refractivity contribution in [1.29, 1.82) is 0 Å². The summed E-state index contributed by atoms with van der Waals surface area (Å²) in [6, 6.07) is 15.0. The van der Waals surface area contributed by atoms with E-state index in [1.54, 1.807) is 18.3 Å². The number of ether oxygens (including phenoxy) is 1. The molecular weight excluding hydrogens is 290 g/mol. The Morgan fingerprint density at radius 3 is 2.78 bits per heavy atom. The van der Waals surface area contributed by atoms with Crippen molar-refractivity contribution in [2.24, 2.45) is 5.10 Å². The van der Waals surface area contributed by atoms with Crippen LogP contribution in [0.15, 0.2) is 53.6 Å². The molecule has 2 N–H and O–H groups in total. The number of anilines is 1. The molecule has 3 aromatic rings. The van der Waals surface area contributed by atoms with Gasteiger partial charge in [0.25, 0.3) is 0 Å². The normalized spacial score (nSPS) is 11.0. The van der Waals surface area contributed by atoms with Crippen molar-refractivity contribution in [2.45, 2.75) is 6.92 Å². The largest absolute Gasteiger partial charge is 0.504 e. The second kappa shape index (κ2) is 6.36. The highest BCUT2D eigenvalue weighted by molar-refractivity contribution is 5.84. The van der Waals surface area contributed by atoms with Gasteiger partial charge in [-0.3, -0.25) is 5.43 Å². The molecule has 5 nitrogen and oxygen atoms in total. The molecule has 0 aliphatic carbocycles. The Morgan fingerprint density at radius 2 is 2.00 bits per heavy atom. The summed E-state index contributed by atoms with van der Waals surface area (Å²) in [6.07, 6.45) is 1.62. The zero-order valence-corrected chi connectivity index (χ0v) is 12.9. The summed E-state index contributed by atoms with van der Waals surface area (Å²) in [4.78, 5) is 4.52. The smallest absolute Gasteiger partial charge is 0.160 e. The van der Waals surface area contributed by atoms with Crippen molar-refractivity contribution in [3.8, 4) is 11.5 Å². The van der Waals surface area contributed by atoms with Gasteiger partial charge in [0.2, 0.25) is 0 Å². The lowest BCUT2D eigenvalue weighted by Crippen LogP contribution is -1.95. The number of methoxy groups -OCH3 is 1. The Balaban J connectivity index is 1.79. The average molecular weight is 307 g/mol. The van der Waals surface area contributed by atoms with E-state index < -0.39 is 0 Å². The standard InChI is InChI=1S/C18H17N3O2/c1-12-9-18(20-15-6-4-3-5-14(12)15)21-19-11-13-7-8-17(23-2)16(22)10-13/h3-11,22H,1-2H3,(H,20,21)/b19-11+. The van der Waals surface area contributed by atoms with Gasteiger partial charge in [-0.1, -0.05) is 18.2 Å². The van der Waals surface area contributed by atoms with E-state index in [0.29, 0.717) is 11.6 Å². The van der Waals surface area contributed by atoms with E-state index in [2.05, 4.69) is 15.5 Å². The molecule has 1 heterocycles. The van der Waals surface area contributed by atoms with Crippen molar-refractivity contribution >= 4 is 22.9 Å². The lowest BCUT2D eigenvalue weighted by molar-refractivity contribution is 0.373. The van der Waals surface area contributed by atoms with Gasteiger partial charge in [0.1, 0.15) is 5.82 Å². The van der Waals surface area contributed by atoms with E-state index >= 15 is 0 Å². The number of aryl methyl sites for hydroxylation is 1.